The maximum atomic E-state index is 6.50. The number of nitrogens with zero attached hydrogens (tertiary/aromatic N) is 2. The van der Waals surface area contributed by atoms with Crippen LogP contribution in [0.2, 0.25) is 0 Å². The Hall–Kier alpha value is -7.76. The van der Waals surface area contributed by atoms with Crippen LogP contribution in [-0.2, 0) is 0 Å². The van der Waals surface area contributed by atoms with E-state index in [1.54, 1.807) is 0 Å². The van der Waals surface area contributed by atoms with Crippen LogP contribution in [0, 0.1) is 0 Å². The van der Waals surface area contributed by atoms with Crippen molar-refractivity contribution in [3.8, 4) is 16.8 Å². The Morgan fingerprint density at radius 2 is 0.930 bits per heavy atom. The molecule has 0 radical (unpaired) electrons. The Balaban J connectivity index is 1.04. The highest BCUT2D eigenvalue weighted by Crippen LogP contribution is 2.51. The first-order valence-electron chi connectivity index (χ1n) is 19.3. The summed E-state index contributed by atoms with van der Waals surface area (Å²) in [7, 11) is 0. The standard InChI is InChI=1S/C52H28N2O3/c1-3-15-42-34(10-1)36-22-20-33(28-47(36)56-42)53(32-21-25-44-39(27-32)35-11-2-4-16-43(35)55-44)30-8-5-9-31(26-30)54-40-14-6-12-37-38-13-7-17-45-50(38)52-46(57-45)24-19-29-18-23-41(54)51(48(29)52)49(37)40/h1-28H. The molecule has 5 heteroatoms. The number of furan rings is 3. The van der Waals surface area contributed by atoms with E-state index in [0.717, 1.165) is 77.8 Å². The molecule has 0 atom stereocenters. The molecule has 0 unspecified atom stereocenters. The first-order valence-corrected chi connectivity index (χ1v) is 19.3. The van der Waals surface area contributed by atoms with Crippen molar-refractivity contribution < 1.29 is 13.3 Å². The van der Waals surface area contributed by atoms with Crippen LogP contribution in [0.5, 0.6) is 0 Å². The monoisotopic (exact) mass is 728 g/mol. The molecule has 13 aromatic rings. The van der Waals surface area contributed by atoms with Crippen LogP contribution in [-0.4, -0.2) is 4.57 Å². The minimum absolute atomic E-state index is 0.848. The Labute approximate surface area is 323 Å². The molecule has 0 bridgehead atoms. The van der Waals surface area contributed by atoms with Crippen LogP contribution in [0.15, 0.2) is 183 Å². The summed E-state index contributed by atoms with van der Waals surface area (Å²) in [4.78, 5) is 2.33. The average Bonchev–Trinajstić information content (AvgIpc) is 4.00. The predicted octanol–water partition coefficient (Wildman–Crippen LogP) is 15.1. The Bertz CT molecular complexity index is 3890. The molecular formula is C52H28N2O3. The van der Waals surface area contributed by atoms with Gasteiger partial charge in [0.05, 0.1) is 11.0 Å². The van der Waals surface area contributed by atoms with Gasteiger partial charge in [-0.2, -0.15) is 0 Å². The summed E-state index contributed by atoms with van der Waals surface area (Å²) < 4.78 is 21.7. The van der Waals surface area contributed by atoms with E-state index in [1.165, 1.54) is 54.5 Å². The second kappa shape index (κ2) is 10.5. The zero-order valence-electron chi connectivity index (χ0n) is 30.3. The van der Waals surface area contributed by atoms with Crippen molar-refractivity contribution in [3.05, 3.63) is 170 Å². The predicted molar refractivity (Wildman–Crippen MR) is 234 cm³/mol. The Kier molecular flexibility index (Phi) is 5.45. The molecule has 0 saturated heterocycles. The molecule has 264 valence electrons. The van der Waals surface area contributed by atoms with Crippen LogP contribution >= 0.6 is 0 Å². The normalized spacial score (nSPS) is 12.6. The van der Waals surface area contributed by atoms with Gasteiger partial charge in [-0.05, 0) is 101 Å². The number of hydrogen-bond acceptors (Lipinski definition) is 4. The van der Waals surface area contributed by atoms with Gasteiger partial charge in [-0.15, -0.1) is 0 Å². The van der Waals surface area contributed by atoms with Crippen LogP contribution < -0.4 is 4.90 Å². The third-order valence-electron chi connectivity index (χ3n) is 12.3. The fourth-order valence-electron chi connectivity index (χ4n) is 9.92. The average molecular weight is 729 g/mol. The fraction of sp³-hybridized carbons (Fsp3) is 0. The van der Waals surface area contributed by atoms with Gasteiger partial charge in [0.1, 0.15) is 33.5 Å². The van der Waals surface area contributed by atoms with Gasteiger partial charge in [-0.3, -0.25) is 0 Å². The summed E-state index contributed by atoms with van der Waals surface area (Å²) in [5, 5.41) is 11.8. The fourth-order valence-corrected chi connectivity index (χ4v) is 9.92. The number of hydrogen-bond donors (Lipinski definition) is 0. The second-order valence-electron chi connectivity index (χ2n) is 15.2. The van der Waals surface area contributed by atoms with E-state index < -0.39 is 0 Å². The number of aromatic nitrogens is 1. The second-order valence-corrected chi connectivity index (χ2v) is 15.2. The minimum atomic E-state index is 0.848. The van der Waals surface area contributed by atoms with Crippen LogP contribution in [0.3, 0.4) is 0 Å². The first kappa shape index (κ1) is 29.6. The van der Waals surface area contributed by atoms with Gasteiger partial charge in [0.25, 0.3) is 0 Å². The van der Waals surface area contributed by atoms with Crippen LogP contribution in [0.1, 0.15) is 0 Å². The van der Waals surface area contributed by atoms with Gasteiger partial charge in [0.2, 0.25) is 0 Å². The number of benzene rings is 9. The number of anilines is 3. The summed E-state index contributed by atoms with van der Waals surface area (Å²) in [6.07, 6.45) is 0. The number of para-hydroxylation sites is 2. The molecule has 5 nitrogen and oxygen atoms in total. The Morgan fingerprint density at radius 3 is 1.82 bits per heavy atom. The van der Waals surface area contributed by atoms with Crippen molar-refractivity contribution in [1.82, 2.24) is 4.57 Å². The smallest absolute Gasteiger partial charge is 0.137 e. The highest BCUT2D eigenvalue weighted by atomic mass is 16.3. The topological polar surface area (TPSA) is 47.6 Å². The minimum Gasteiger partial charge on any atom is -0.456 e. The van der Waals surface area contributed by atoms with Gasteiger partial charge in [-0.25, -0.2) is 0 Å². The summed E-state index contributed by atoms with van der Waals surface area (Å²) in [5.41, 5.74) is 14.2. The van der Waals surface area contributed by atoms with Crippen LogP contribution in [0.25, 0.3) is 115 Å². The van der Waals surface area contributed by atoms with E-state index in [4.69, 9.17) is 13.3 Å². The number of rotatable bonds is 4. The highest BCUT2D eigenvalue weighted by Gasteiger charge is 2.26. The molecule has 4 aromatic heterocycles. The molecule has 0 N–H and O–H groups in total. The highest BCUT2D eigenvalue weighted by molar-refractivity contribution is 6.37. The van der Waals surface area contributed by atoms with Crippen LogP contribution in [0.4, 0.5) is 17.1 Å². The molecule has 14 rings (SSSR count). The van der Waals surface area contributed by atoms with Gasteiger partial charge in [0, 0.05) is 77.3 Å². The van der Waals surface area contributed by atoms with Gasteiger partial charge in [-0.1, -0.05) is 78.9 Å². The van der Waals surface area contributed by atoms with E-state index in [1.807, 2.05) is 24.3 Å². The van der Waals surface area contributed by atoms with Crippen molar-refractivity contribution in [3.63, 3.8) is 0 Å². The molecule has 0 saturated carbocycles. The third kappa shape index (κ3) is 3.82. The molecule has 0 amide bonds. The first-order chi connectivity index (χ1) is 28.2. The summed E-state index contributed by atoms with van der Waals surface area (Å²) in [6, 6.07) is 60.5. The maximum absolute atomic E-state index is 6.50. The molecule has 1 aliphatic rings. The largest absolute Gasteiger partial charge is 0.456 e. The van der Waals surface area contributed by atoms with E-state index in [2.05, 4.69) is 155 Å². The van der Waals surface area contributed by atoms with Gasteiger partial charge in [0.15, 0.2) is 0 Å². The lowest BCUT2D eigenvalue weighted by Gasteiger charge is -2.26. The lowest BCUT2D eigenvalue weighted by molar-refractivity contribution is 0.668. The molecule has 0 fully saturated rings. The molecule has 4 heterocycles. The van der Waals surface area contributed by atoms with E-state index in [9.17, 15) is 0 Å². The van der Waals surface area contributed by atoms with E-state index in [-0.39, 0.29) is 0 Å². The lowest BCUT2D eigenvalue weighted by atomic mass is 9.98. The van der Waals surface area contributed by atoms with Crippen molar-refractivity contribution in [2.75, 3.05) is 4.90 Å². The molecule has 57 heavy (non-hydrogen) atoms. The third-order valence-corrected chi connectivity index (χ3v) is 12.3. The molecule has 0 aliphatic heterocycles. The van der Waals surface area contributed by atoms with Gasteiger partial charge >= 0.3 is 0 Å². The number of fused-ring (bicyclic) bond motifs is 7. The van der Waals surface area contributed by atoms with Crippen molar-refractivity contribution in [2.45, 2.75) is 0 Å². The summed E-state index contributed by atoms with van der Waals surface area (Å²) in [6.45, 7) is 0. The van der Waals surface area contributed by atoms with E-state index >= 15 is 0 Å². The summed E-state index contributed by atoms with van der Waals surface area (Å²) >= 11 is 0. The molecule has 9 aromatic carbocycles. The quantitative estimate of drug-likeness (QED) is 0.181. The van der Waals surface area contributed by atoms with Crippen molar-refractivity contribution in [1.29, 1.82) is 0 Å². The van der Waals surface area contributed by atoms with Gasteiger partial charge < -0.3 is 22.7 Å². The van der Waals surface area contributed by atoms with E-state index in [0.29, 0.717) is 0 Å². The zero-order valence-corrected chi connectivity index (χ0v) is 30.3. The Morgan fingerprint density at radius 1 is 0.333 bits per heavy atom. The maximum Gasteiger partial charge on any atom is 0.137 e. The molecule has 0 spiro atoms. The molecule has 1 aliphatic carbocycles. The van der Waals surface area contributed by atoms with Crippen molar-refractivity contribution >= 4 is 115 Å². The summed E-state index contributed by atoms with van der Waals surface area (Å²) in [5.74, 6) is 0. The molecular weight excluding hydrogens is 701 g/mol. The zero-order chi connectivity index (χ0) is 36.9. The lowest BCUT2D eigenvalue weighted by Crippen LogP contribution is -2.10. The van der Waals surface area contributed by atoms with Crippen molar-refractivity contribution in [2.24, 2.45) is 0 Å². The SMILES string of the molecule is c1cc(N(c2ccc3c(c2)oc2ccccc23)c2ccc3oc4ccccc4c3c2)cc(-n2c3cccc4c3c3c5c(ccc6oc7cccc-4c7c65)ccc32)c1.